The maximum atomic E-state index is 14.7. The van der Waals surface area contributed by atoms with Crippen LogP contribution in [0.25, 0.3) is 21.3 Å². The molecular weight excluding hydrogens is 427 g/mol. The molecule has 0 unspecified atom stereocenters. The van der Waals surface area contributed by atoms with E-state index in [2.05, 4.69) is 40.9 Å². The van der Waals surface area contributed by atoms with Crippen LogP contribution in [0.1, 0.15) is 48.3 Å². The van der Waals surface area contributed by atoms with E-state index >= 15 is 0 Å². The lowest BCUT2D eigenvalue weighted by molar-refractivity contribution is 0.0865. The van der Waals surface area contributed by atoms with E-state index in [1.807, 2.05) is 36.4 Å². The number of thiazole rings is 1. The number of hydrogen-bond donors (Lipinski definition) is 0. The molecule has 32 heavy (non-hydrogen) atoms. The summed E-state index contributed by atoms with van der Waals surface area (Å²) in [5.41, 5.74) is 2.04. The SMILES string of the molecule is CC(C)(C)CN1CC(c2nnc(C(=O)c3nc4c(F)cc(-c5ccccc5)cc4s3)o2)C1. The van der Waals surface area contributed by atoms with E-state index in [4.69, 9.17) is 4.42 Å². The Morgan fingerprint density at radius 2 is 1.91 bits per heavy atom. The van der Waals surface area contributed by atoms with Gasteiger partial charge in [-0.1, -0.05) is 51.1 Å². The van der Waals surface area contributed by atoms with Crippen LogP contribution in [0.5, 0.6) is 0 Å². The maximum absolute atomic E-state index is 14.7. The second-order valence-corrected chi connectivity index (χ2v) is 10.4. The summed E-state index contributed by atoms with van der Waals surface area (Å²) in [6.45, 7) is 9.27. The number of carbonyl (C=O) groups is 1. The summed E-state index contributed by atoms with van der Waals surface area (Å²) in [7, 11) is 0. The quantitative estimate of drug-likeness (QED) is 0.391. The molecule has 0 atom stereocenters. The molecule has 5 rings (SSSR count). The highest BCUT2D eigenvalue weighted by molar-refractivity contribution is 7.20. The van der Waals surface area contributed by atoms with Gasteiger partial charge in [-0.25, -0.2) is 9.37 Å². The highest BCUT2D eigenvalue weighted by Gasteiger charge is 2.35. The first-order valence-corrected chi connectivity index (χ1v) is 11.3. The van der Waals surface area contributed by atoms with E-state index in [1.165, 1.54) is 6.07 Å². The highest BCUT2D eigenvalue weighted by Crippen LogP contribution is 2.32. The third kappa shape index (κ3) is 4.08. The molecule has 2 aromatic carbocycles. The van der Waals surface area contributed by atoms with Crippen molar-refractivity contribution in [2.24, 2.45) is 5.41 Å². The number of aromatic nitrogens is 3. The largest absolute Gasteiger partial charge is 0.418 e. The standard InChI is InChI=1S/C24H23FN4O2S/c1-24(2,3)13-29-11-16(12-29)21-27-28-22(31-21)20(30)23-26-19-17(25)9-15(10-18(19)32-23)14-7-5-4-6-8-14/h4-10,16H,11-13H2,1-3H3. The minimum atomic E-state index is -0.475. The fourth-order valence-electron chi connectivity index (χ4n) is 3.99. The van der Waals surface area contributed by atoms with Crippen molar-refractivity contribution < 1.29 is 13.6 Å². The number of halogens is 1. The van der Waals surface area contributed by atoms with Crippen LogP contribution in [0.4, 0.5) is 4.39 Å². The second kappa shape index (κ2) is 7.86. The fourth-order valence-corrected chi connectivity index (χ4v) is 4.94. The minimum absolute atomic E-state index is 0.1000. The van der Waals surface area contributed by atoms with Crippen molar-refractivity contribution in [3.63, 3.8) is 0 Å². The number of benzene rings is 2. The zero-order valence-electron chi connectivity index (χ0n) is 18.1. The molecule has 1 aliphatic rings. The number of ketones is 1. The Hall–Kier alpha value is -2.97. The molecule has 8 heteroatoms. The average molecular weight is 451 g/mol. The molecule has 1 fully saturated rings. The van der Waals surface area contributed by atoms with Crippen molar-refractivity contribution >= 4 is 27.3 Å². The summed E-state index contributed by atoms with van der Waals surface area (Å²) in [5.74, 6) is -0.436. The van der Waals surface area contributed by atoms with Gasteiger partial charge in [-0.05, 0) is 28.7 Å². The molecule has 0 aliphatic carbocycles. The molecule has 0 bridgehead atoms. The Labute approximate surface area is 189 Å². The van der Waals surface area contributed by atoms with Crippen LogP contribution in [0.15, 0.2) is 46.9 Å². The summed E-state index contributed by atoms with van der Waals surface area (Å²) in [6, 6.07) is 12.8. The molecule has 3 heterocycles. The number of rotatable bonds is 5. The van der Waals surface area contributed by atoms with Gasteiger partial charge in [-0.2, -0.15) is 0 Å². The summed E-state index contributed by atoms with van der Waals surface area (Å²) in [5, 5.41) is 8.16. The zero-order valence-corrected chi connectivity index (χ0v) is 18.9. The smallest absolute Gasteiger partial charge is 0.291 e. The van der Waals surface area contributed by atoms with Gasteiger partial charge in [0.1, 0.15) is 5.52 Å². The fraction of sp³-hybridized carbons (Fsp3) is 0.333. The number of nitrogens with zero attached hydrogens (tertiary/aromatic N) is 4. The minimum Gasteiger partial charge on any atom is -0.418 e. The molecule has 4 aromatic rings. The molecule has 0 saturated carbocycles. The summed E-state index contributed by atoms with van der Waals surface area (Å²) >= 11 is 1.13. The Bertz CT molecular complexity index is 1290. The van der Waals surface area contributed by atoms with E-state index in [0.717, 1.165) is 42.1 Å². The topological polar surface area (TPSA) is 72.1 Å². The van der Waals surface area contributed by atoms with Crippen molar-refractivity contribution in [3.8, 4) is 11.1 Å². The van der Waals surface area contributed by atoms with E-state index in [0.29, 0.717) is 10.6 Å². The highest BCUT2D eigenvalue weighted by atomic mass is 32.1. The van der Waals surface area contributed by atoms with Crippen LogP contribution < -0.4 is 0 Å². The van der Waals surface area contributed by atoms with Crippen molar-refractivity contribution in [3.05, 3.63) is 65.1 Å². The van der Waals surface area contributed by atoms with E-state index in [1.54, 1.807) is 0 Å². The van der Waals surface area contributed by atoms with Crippen LogP contribution in [0.2, 0.25) is 0 Å². The Balaban J connectivity index is 1.35. The summed E-state index contributed by atoms with van der Waals surface area (Å²) in [4.78, 5) is 19.4. The van der Waals surface area contributed by atoms with Crippen LogP contribution in [-0.2, 0) is 0 Å². The zero-order chi connectivity index (χ0) is 22.5. The molecule has 1 saturated heterocycles. The van der Waals surface area contributed by atoms with Gasteiger partial charge in [0, 0.05) is 19.6 Å². The number of fused-ring (bicyclic) bond motifs is 1. The lowest BCUT2D eigenvalue weighted by Crippen LogP contribution is -2.48. The first kappa shape index (κ1) is 20.9. The Morgan fingerprint density at radius 1 is 1.16 bits per heavy atom. The van der Waals surface area contributed by atoms with Gasteiger partial charge in [0.05, 0.1) is 10.6 Å². The van der Waals surface area contributed by atoms with E-state index in [-0.39, 0.29) is 27.7 Å². The van der Waals surface area contributed by atoms with Gasteiger partial charge in [-0.3, -0.25) is 4.79 Å². The Kier molecular flexibility index (Phi) is 5.14. The molecule has 0 amide bonds. The molecule has 0 spiro atoms. The van der Waals surface area contributed by atoms with Crippen molar-refractivity contribution in [2.75, 3.05) is 19.6 Å². The summed E-state index contributed by atoms with van der Waals surface area (Å²) < 4.78 is 21.0. The monoisotopic (exact) mass is 450 g/mol. The third-order valence-electron chi connectivity index (χ3n) is 5.39. The third-order valence-corrected chi connectivity index (χ3v) is 6.39. The van der Waals surface area contributed by atoms with Gasteiger partial charge < -0.3 is 9.32 Å². The molecule has 1 aliphatic heterocycles. The van der Waals surface area contributed by atoms with Crippen LogP contribution in [0.3, 0.4) is 0 Å². The van der Waals surface area contributed by atoms with Crippen LogP contribution in [-0.4, -0.2) is 45.5 Å². The number of carbonyl (C=O) groups excluding carboxylic acids is 1. The van der Waals surface area contributed by atoms with Gasteiger partial charge in [0.25, 0.3) is 11.7 Å². The molecule has 164 valence electrons. The van der Waals surface area contributed by atoms with Gasteiger partial charge in [-0.15, -0.1) is 21.5 Å². The van der Waals surface area contributed by atoms with Crippen molar-refractivity contribution in [2.45, 2.75) is 26.7 Å². The molecular formula is C24H23FN4O2S. The predicted molar refractivity (Wildman–Crippen MR) is 121 cm³/mol. The van der Waals surface area contributed by atoms with E-state index in [9.17, 15) is 9.18 Å². The molecule has 0 N–H and O–H groups in total. The van der Waals surface area contributed by atoms with Gasteiger partial charge in [0.2, 0.25) is 5.89 Å². The van der Waals surface area contributed by atoms with Crippen LogP contribution in [0, 0.1) is 11.2 Å². The molecule has 0 radical (unpaired) electrons. The number of hydrogen-bond acceptors (Lipinski definition) is 7. The lowest BCUT2D eigenvalue weighted by atomic mass is 9.91. The van der Waals surface area contributed by atoms with E-state index < -0.39 is 11.6 Å². The first-order chi connectivity index (χ1) is 15.3. The van der Waals surface area contributed by atoms with Crippen LogP contribution >= 0.6 is 11.3 Å². The maximum Gasteiger partial charge on any atom is 0.291 e. The van der Waals surface area contributed by atoms with Gasteiger partial charge >= 0.3 is 0 Å². The lowest BCUT2D eigenvalue weighted by Gasteiger charge is -2.40. The summed E-state index contributed by atoms with van der Waals surface area (Å²) in [6.07, 6.45) is 0. The molecule has 6 nitrogen and oxygen atoms in total. The predicted octanol–water partition coefficient (Wildman–Crippen LogP) is 5.16. The Morgan fingerprint density at radius 3 is 2.62 bits per heavy atom. The number of likely N-dealkylation sites (tertiary alicyclic amines) is 1. The average Bonchev–Trinajstić information content (AvgIpc) is 3.37. The van der Waals surface area contributed by atoms with Crippen molar-refractivity contribution in [1.29, 1.82) is 0 Å². The first-order valence-electron chi connectivity index (χ1n) is 10.5. The normalized spacial score (nSPS) is 15.2. The van der Waals surface area contributed by atoms with Crippen molar-refractivity contribution in [1.82, 2.24) is 20.1 Å². The second-order valence-electron chi connectivity index (χ2n) is 9.42. The molecule has 2 aromatic heterocycles. The van der Waals surface area contributed by atoms with Gasteiger partial charge in [0.15, 0.2) is 10.8 Å².